The van der Waals surface area contributed by atoms with Crippen LogP contribution in [0.1, 0.15) is 11.1 Å². The van der Waals surface area contributed by atoms with Crippen molar-refractivity contribution in [2.24, 2.45) is 0 Å². The van der Waals surface area contributed by atoms with Gasteiger partial charge in [0.05, 0.1) is 19.9 Å². The minimum atomic E-state index is -0.228. The van der Waals surface area contributed by atoms with Crippen LogP contribution in [0.5, 0.6) is 5.75 Å². The summed E-state index contributed by atoms with van der Waals surface area (Å²) in [5.41, 5.74) is 1.94. The third-order valence-corrected chi connectivity index (χ3v) is 4.30. The Morgan fingerprint density at radius 3 is 2.73 bits per heavy atom. The molecule has 2 aromatic carbocycles. The van der Waals surface area contributed by atoms with E-state index in [1.54, 1.807) is 30.1 Å². The Labute approximate surface area is 160 Å². The maximum atomic E-state index is 12.2. The highest BCUT2D eigenvalue weighted by Gasteiger charge is 2.06. The van der Waals surface area contributed by atoms with Crippen molar-refractivity contribution in [2.75, 3.05) is 12.4 Å². The molecule has 0 saturated heterocycles. The van der Waals surface area contributed by atoms with E-state index in [1.165, 1.54) is 6.08 Å². The lowest BCUT2D eigenvalue weighted by Gasteiger charge is -2.08. The Morgan fingerprint density at radius 2 is 1.96 bits per heavy atom. The number of rotatable bonds is 6. The first kappa shape index (κ1) is 17.9. The fourth-order valence-corrected chi connectivity index (χ4v) is 2.73. The Balaban J connectivity index is 1.67. The Bertz CT molecular complexity index is 917. The van der Waals surface area contributed by atoms with Gasteiger partial charge in [0.1, 0.15) is 11.6 Å². The lowest BCUT2D eigenvalue weighted by atomic mass is 10.2. The van der Waals surface area contributed by atoms with E-state index < -0.39 is 0 Å². The summed E-state index contributed by atoms with van der Waals surface area (Å²) < 4.78 is 8.05. The molecular weight excluding hydrogens is 394 g/mol. The fourth-order valence-electron chi connectivity index (χ4n) is 2.47. The first-order valence-electron chi connectivity index (χ1n) is 8.04. The maximum absolute atomic E-state index is 12.2. The molecule has 1 N–H and O–H groups in total. The van der Waals surface area contributed by atoms with Gasteiger partial charge in [-0.1, -0.05) is 46.3 Å². The summed E-state index contributed by atoms with van der Waals surface area (Å²) in [5.74, 6) is 1.13. The number of anilines is 1. The number of para-hydroxylation sites is 1. The van der Waals surface area contributed by atoms with Crippen LogP contribution in [0.15, 0.2) is 71.3 Å². The highest BCUT2D eigenvalue weighted by atomic mass is 79.9. The molecule has 1 aromatic heterocycles. The van der Waals surface area contributed by atoms with Gasteiger partial charge in [0.25, 0.3) is 0 Å². The van der Waals surface area contributed by atoms with E-state index in [1.807, 2.05) is 48.5 Å². The molecule has 3 aromatic rings. The summed E-state index contributed by atoms with van der Waals surface area (Å²) in [7, 11) is 1.60. The first-order chi connectivity index (χ1) is 12.7. The molecule has 0 atom stereocenters. The van der Waals surface area contributed by atoms with Crippen molar-refractivity contribution >= 4 is 33.7 Å². The van der Waals surface area contributed by atoms with Crippen molar-refractivity contribution in [3.05, 3.63) is 82.5 Å². The average Bonchev–Trinajstić information content (AvgIpc) is 3.08. The molecule has 0 bridgehead atoms. The number of benzene rings is 2. The Kier molecular flexibility index (Phi) is 5.86. The maximum Gasteiger partial charge on any atom is 0.249 e. The van der Waals surface area contributed by atoms with Crippen molar-refractivity contribution in [1.82, 2.24) is 9.78 Å². The van der Waals surface area contributed by atoms with Crippen LogP contribution in [-0.4, -0.2) is 22.8 Å². The van der Waals surface area contributed by atoms with Gasteiger partial charge in [-0.15, -0.1) is 0 Å². The molecule has 3 rings (SSSR count). The molecule has 6 heteroatoms. The van der Waals surface area contributed by atoms with Crippen molar-refractivity contribution in [3.8, 4) is 5.75 Å². The van der Waals surface area contributed by atoms with Gasteiger partial charge in [0, 0.05) is 22.2 Å². The van der Waals surface area contributed by atoms with Crippen molar-refractivity contribution in [1.29, 1.82) is 0 Å². The zero-order valence-corrected chi connectivity index (χ0v) is 15.8. The molecule has 0 saturated carbocycles. The second-order valence-corrected chi connectivity index (χ2v) is 6.48. The monoisotopic (exact) mass is 411 g/mol. The summed E-state index contributed by atoms with van der Waals surface area (Å²) in [6.45, 7) is 0.576. The Hall–Kier alpha value is -2.86. The van der Waals surface area contributed by atoms with E-state index in [0.717, 1.165) is 21.3 Å². The second kappa shape index (κ2) is 8.49. The number of hydrogen-bond acceptors (Lipinski definition) is 3. The number of carbonyl (C=O) groups excluding carboxylic acids is 1. The number of ether oxygens (including phenoxy) is 1. The molecule has 26 heavy (non-hydrogen) atoms. The molecule has 0 fully saturated rings. The molecule has 0 unspecified atom stereocenters. The van der Waals surface area contributed by atoms with E-state index in [0.29, 0.717) is 12.4 Å². The molecule has 1 amide bonds. The highest BCUT2D eigenvalue weighted by Crippen LogP contribution is 2.19. The molecule has 0 spiro atoms. The number of amides is 1. The molecule has 1 heterocycles. The van der Waals surface area contributed by atoms with E-state index >= 15 is 0 Å². The molecule has 132 valence electrons. The van der Waals surface area contributed by atoms with Gasteiger partial charge in [-0.25, -0.2) is 4.68 Å². The van der Waals surface area contributed by atoms with Crippen LogP contribution in [-0.2, 0) is 11.3 Å². The van der Waals surface area contributed by atoms with Crippen LogP contribution < -0.4 is 10.1 Å². The van der Waals surface area contributed by atoms with Gasteiger partial charge >= 0.3 is 0 Å². The fraction of sp³-hybridized carbons (Fsp3) is 0.100. The summed E-state index contributed by atoms with van der Waals surface area (Å²) in [6, 6.07) is 17.3. The van der Waals surface area contributed by atoms with Crippen LogP contribution in [0, 0.1) is 0 Å². The summed E-state index contributed by atoms with van der Waals surface area (Å²) in [5, 5.41) is 7.13. The zero-order valence-electron chi connectivity index (χ0n) is 14.2. The lowest BCUT2D eigenvalue weighted by molar-refractivity contribution is -0.111. The Morgan fingerprint density at radius 1 is 1.19 bits per heavy atom. The molecule has 0 aliphatic carbocycles. The van der Waals surface area contributed by atoms with Crippen molar-refractivity contribution in [3.63, 3.8) is 0 Å². The number of hydrogen-bond donors (Lipinski definition) is 1. The van der Waals surface area contributed by atoms with Crippen LogP contribution in [0.2, 0.25) is 0 Å². The van der Waals surface area contributed by atoms with Crippen LogP contribution in [0.25, 0.3) is 6.08 Å². The number of nitrogens with zero attached hydrogens (tertiary/aromatic N) is 2. The summed E-state index contributed by atoms with van der Waals surface area (Å²) in [6.07, 6.45) is 4.87. The molecule has 5 nitrogen and oxygen atoms in total. The number of aromatic nitrogens is 2. The normalized spacial score (nSPS) is 10.8. The smallest absolute Gasteiger partial charge is 0.249 e. The largest absolute Gasteiger partial charge is 0.496 e. The average molecular weight is 412 g/mol. The first-order valence-corrected chi connectivity index (χ1v) is 8.83. The predicted octanol–water partition coefficient (Wildman–Crippen LogP) is 4.35. The zero-order chi connectivity index (χ0) is 18.4. The lowest BCUT2D eigenvalue weighted by Crippen LogP contribution is -2.13. The minimum absolute atomic E-state index is 0.228. The van der Waals surface area contributed by atoms with Gasteiger partial charge in [0.15, 0.2) is 0 Å². The second-order valence-electron chi connectivity index (χ2n) is 5.57. The van der Waals surface area contributed by atoms with Crippen molar-refractivity contribution in [2.45, 2.75) is 6.54 Å². The highest BCUT2D eigenvalue weighted by molar-refractivity contribution is 9.10. The topological polar surface area (TPSA) is 56.1 Å². The van der Waals surface area contributed by atoms with Crippen LogP contribution in [0.3, 0.4) is 0 Å². The van der Waals surface area contributed by atoms with Crippen LogP contribution in [0.4, 0.5) is 5.82 Å². The van der Waals surface area contributed by atoms with Gasteiger partial charge in [-0.3, -0.25) is 4.79 Å². The third-order valence-electron chi connectivity index (χ3n) is 3.77. The molecule has 0 radical (unpaired) electrons. The van der Waals surface area contributed by atoms with E-state index in [-0.39, 0.29) is 5.91 Å². The standard InChI is InChI=1S/C20H18BrN3O2/c1-26-18-5-3-2-4-16(18)8-11-20(25)23-19-12-13-22-24(19)14-15-6-9-17(21)10-7-15/h2-13H,14H2,1H3,(H,23,25)/b11-8+. The molecular formula is C20H18BrN3O2. The summed E-state index contributed by atoms with van der Waals surface area (Å²) >= 11 is 3.42. The van der Waals surface area contributed by atoms with Crippen LogP contribution >= 0.6 is 15.9 Å². The van der Waals surface area contributed by atoms with Gasteiger partial charge < -0.3 is 10.1 Å². The van der Waals surface area contributed by atoms with E-state index in [4.69, 9.17) is 4.74 Å². The minimum Gasteiger partial charge on any atom is -0.496 e. The number of halogens is 1. The number of carbonyl (C=O) groups is 1. The van der Waals surface area contributed by atoms with Gasteiger partial charge in [0.2, 0.25) is 5.91 Å². The third kappa shape index (κ3) is 4.61. The van der Waals surface area contributed by atoms with Gasteiger partial charge in [-0.2, -0.15) is 5.10 Å². The molecule has 0 aliphatic rings. The number of nitrogens with one attached hydrogen (secondary N) is 1. The summed E-state index contributed by atoms with van der Waals surface area (Å²) in [4.78, 5) is 12.2. The SMILES string of the molecule is COc1ccccc1/C=C/C(=O)Nc1ccnn1Cc1ccc(Br)cc1. The number of methoxy groups -OCH3 is 1. The molecule has 0 aliphatic heterocycles. The van der Waals surface area contributed by atoms with E-state index in [2.05, 4.69) is 26.3 Å². The predicted molar refractivity (Wildman–Crippen MR) is 106 cm³/mol. The van der Waals surface area contributed by atoms with E-state index in [9.17, 15) is 4.79 Å². The van der Waals surface area contributed by atoms with Gasteiger partial charge in [-0.05, 0) is 29.8 Å². The quantitative estimate of drug-likeness (QED) is 0.613. The van der Waals surface area contributed by atoms with Crippen molar-refractivity contribution < 1.29 is 9.53 Å².